The molecular weight excluding hydrogens is 306 g/mol. The number of fused-ring (bicyclic) bond motifs is 3. The third-order valence-electron chi connectivity index (χ3n) is 6.08. The van der Waals surface area contributed by atoms with Crippen molar-refractivity contribution in [1.82, 2.24) is 15.2 Å². The molecule has 0 aromatic carbocycles. The molecule has 0 spiro atoms. The number of thiazole rings is 1. The molecule has 2 saturated carbocycles. The molecular formula is C18H27N3OS. The zero-order valence-corrected chi connectivity index (χ0v) is 14.8. The van der Waals surface area contributed by atoms with Crippen molar-refractivity contribution in [2.45, 2.75) is 81.8 Å². The average Bonchev–Trinajstić information content (AvgIpc) is 3.10. The molecule has 2 fully saturated rings. The molecule has 1 aromatic rings. The summed E-state index contributed by atoms with van der Waals surface area (Å²) in [4.78, 5) is 21.6. The highest BCUT2D eigenvalue weighted by atomic mass is 32.1. The number of carbonyl (C=O) groups excluding carboxylic acids is 1. The van der Waals surface area contributed by atoms with Crippen LogP contribution in [0, 0.1) is 0 Å². The molecule has 3 unspecified atom stereocenters. The first-order chi connectivity index (χ1) is 11.3. The molecule has 1 N–H and O–H groups in total. The van der Waals surface area contributed by atoms with Crippen molar-refractivity contribution in [3.05, 3.63) is 16.1 Å². The van der Waals surface area contributed by atoms with Crippen LogP contribution in [0.4, 0.5) is 0 Å². The van der Waals surface area contributed by atoms with Gasteiger partial charge in [0.1, 0.15) is 6.04 Å². The monoisotopic (exact) mass is 333 g/mol. The summed E-state index contributed by atoms with van der Waals surface area (Å²) in [6.45, 7) is 0. The van der Waals surface area contributed by atoms with Gasteiger partial charge in [0.2, 0.25) is 5.91 Å². The first-order valence-corrected chi connectivity index (χ1v) is 10.1. The van der Waals surface area contributed by atoms with Gasteiger partial charge in [-0.3, -0.25) is 4.79 Å². The van der Waals surface area contributed by atoms with E-state index in [1.54, 1.807) is 11.3 Å². The quantitative estimate of drug-likeness (QED) is 0.841. The summed E-state index contributed by atoms with van der Waals surface area (Å²) in [5.41, 5.74) is 3.14. The fraction of sp³-hybridized carbons (Fsp3) is 0.778. The minimum absolute atomic E-state index is 0.189. The minimum atomic E-state index is -0.189. The van der Waals surface area contributed by atoms with Gasteiger partial charge < -0.3 is 10.2 Å². The third-order valence-corrected chi connectivity index (χ3v) is 6.99. The highest BCUT2D eigenvalue weighted by molar-refractivity contribution is 7.10. The Kier molecular flexibility index (Phi) is 4.41. The van der Waals surface area contributed by atoms with Gasteiger partial charge in [-0.15, -0.1) is 11.3 Å². The van der Waals surface area contributed by atoms with Gasteiger partial charge in [-0.25, -0.2) is 4.98 Å². The molecule has 2 heterocycles. The van der Waals surface area contributed by atoms with Crippen LogP contribution in [0.1, 0.15) is 80.3 Å². The second-order valence-corrected chi connectivity index (χ2v) is 8.21. The zero-order valence-electron chi connectivity index (χ0n) is 14.0. The first-order valence-electron chi connectivity index (χ1n) is 9.24. The molecule has 1 aliphatic heterocycles. The number of amides is 1. The Morgan fingerprint density at radius 3 is 2.65 bits per heavy atom. The summed E-state index contributed by atoms with van der Waals surface area (Å²) in [6.07, 6.45) is 11.2. The number of hydrogen-bond donors (Lipinski definition) is 1. The van der Waals surface area contributed by atoms with E-state index in [0.717, 1.165) is 6.42 Å². The Bertz CT molecular complexity index is 564. The van der Waals surface area contributed by atoms with Crippen LogP contribution in [0.3, 0.4) is 0 Å². The lowest BCUT2D eigenvalue weighted by atomic mass is 9.96. The summed E-state index contributed by atoms with van der Waals surface area (Å²) in [7, 11) is 1.92. The number of carbonyl (C=O) groups is 1. The number of rotatable bonds is 2. The topological polar surface area (TPSA) is 45.2 Å². The van der Waals surface area contributed by atoms with Crippen LogP contribution < -0.4 is 5.32 Å². The molecule has 3 atom stereocenters. The molecule has 2 aliphatic carbocycles. The lowest BCUT2D eigenvalue weighted by Crippen LogP contribution is -2.50. The van der Waals surface area contributed by atoms with E-state index in [4.69, 9.17) is 0 Å². The standard InChI is InChI=1S/C18H27N3OS/c1-19-16-17-15(20-11-23-17)13-9-6-10-14(13)21(18(16)22)12-7-4-2-3-5-8-12/h11-14,16,19H,2-10H2,1H3. The van der Waals surface area contributed by atoms with E-state index in [1.165, 1.54) is 61.9 Å². The summed E-state index contributed by atoms with van der Waals surface area (Å²) in [6, 6.07) is 0.636. The summed E-state index contributed by atoms with van der Waals surface area (Å²) >= 11 is 1.66. The van der Waals surface area contributed by atoms with E-state index in [9.17, 15) is 4.79 Å². The number of nitrogens with one attached hydrogen (secondary N) is 1. The van der Waals surface area contributed by atoms with Crippen molar-refractivity contribution in [3.8, 4) is 0 Å². The molecule has 0 bridgehead atoms. The lowest BCUT2D eigenvalue weighted by Gasteiger charge is -2.38. The zero-order chi connectivity index (χ0) is 15.8. The maximum absolute atomic E-state index is 13.4. The molecule has 0 saturated heterocycles. The summed E-state index contributed by atoms with van der Waals surface area (Å²) in [5, 5.41) is 3.29. The number of aromatic nitrogens is 1. The van der Waals surface area contributed by atoms with Crippen molar-refractivity contribution in [3.63, 3.8) is 0 Å². The lowest BCUT2D eigenvalue weighted by molar-refractivity contribution is -0.138. The van der Waals surface area contributed by atoms with E-state index in [-0.39, 0.29) is 6.04 Å². The van der Waals surface area contributed by atoms with Gasteiger partial charge in [0.05, 0.1) is 16.1 Å². The Labute approximate surface area is 142 Å². The molecule has 3 aliphatic rings. The molecule has 0 radical (unpaired) electrons. The largest absolute Gasteiger partial charge is 0.334 e. The molecule has 4 nitrogen and oxygen atoms in total. The van der Waals surface area contributed by atoms with Crippen LogP contribution in [0.25, 0.3) is 0 Å². The highest BCUT2D eigenvalue weighted by Crippen LogP contribution is 2.46. The Morgan fingerprint density at radius 1 is 1.13 bits per heavy atom. The van der Waals surface area contributed by atoms with Gasteiger partial charge in [-0.2, -0.15) is 0 Å². The van der Waals surface area contributed by atoms with Crippen molar-refractivity contribution >= 4 is 17.2 Å². The van der Waals surface area contributed by atoms with Crippen LogP contribution in [0.5, 0.6) is 0 Å². The molecule has 126 valence electrons. The van der Waals surface area contributed by atoms with E-state index in [0.29, 0.717) is 23.9 Å². The normalized spacial score (nSPS) is 32.3. The van der Waals surface area contributed by atoms with Crippen molar-refractivity contribution in [2.75, 3.05) is 7.05 Å². The molecule has 23 heavy (non-hydrogen) atoms. The Balaban J connectivity index is 1.73. The van der Waals surface area contributed by atoms with Crippen LogP contribution >= 0.6 is 11.3 Å². The van der Waals surface area contributed by atoms with Gasteiger partial charge in [0.15, 0.2) is 0 Å². The van der Waals surface area contributed by atoms with Gasteiger partial charge in [0.25, 0.3) is 0 Å². The smallest absolute Gasteiger partial charge is 0.245 e. The van der Waals surface area contributed by atoms with Crippen LogP contribution in [0.15, 0.2) is 5.51 Å². The van der Waals surface area contributed by atoms with Crippen LogP contribution in [-0.4, -0.2) is 34.9 Å². The van der Waals surface area contributed by atoms with Crippen molar-refractivity contribution in [1.29, 1.82) is 0 Å². The van der Waals surface area contributed by atoms with Gasteiger partial charge in [-0.1, -0.05) is 32.1 Å². The van der Waals surface area contributed by atoms with Gasteiger partial charge in [0, 0.05) is 18.0 Å². The summed E-state index contributed by atoms with van der Waals surface area (Å²) in [5.74, 6) is 0.765. The van der Waals surface area contributed by atoms with Gasteiger partial charge >= 0.3 is 0 Å². The second kappa shape index (κ2) is 6.52. The van der Waals surface area contributed by atoms with Crippen LogP contribution in [0.2, 0.25) is 0 Å². The third kappa shape index (κ3) is 2.62. The SMILES string of the molecule is CNC1C(=O)N(C2CCCCCC2)C2CCCC2c2ncsc21. The highest BCUT2D eigenvalue weighted by Gasteiger charge is 2.46. The fourth-order valence-corrected chi connectivity index (χ4v) is 5.98. The predicted molar refractivity (Wildman–Crippen MR) is 92.6 cm³/mol. The van der Waals surface area contributed by atoms with E-state index >= 15 is 0 Å². The van der Waals surface area contributed by atoms with Gasteiger partial charge in [-0.05, 0) is 32.7 Å². The number of nitrogens with zero attached hydrogens (tertiary/aromatic N) is 2. The van der Waals surface area contributed by atoms with E-state index < -0.39 is 0 Å². The predicted octanol–water partition coefficient (Wildman–Crippen LogP) is 3.60. The van der Waals surface area contributed by atoms with Crippen molar-refractivity contribution in [2.24, 2.45) is 0 Å². The van der Waals surface area contributed by atoms with Crippen molar-refractivity contribution < 1.29 is 4.79 Å². The number of hydrogen-bond acceptors (Lipinski definition) is 4. The Hall–Kier alpha value is -0.940. The number of likely N-dealkylation sites (N-methyl/N-ethyl adjacent to an activating group) is 1. The first kappa shape index (κ1) is 15.6. The Morgan fingerprint density at radius 2 is 1.91 bits per heavy atom. The summed E-state index contributed by atoms with van der Waals surface area (Å²) < 4.78 is 0. The molecule has 5 heteroatoms. The van der Waals surface area contributed by atoms with E-state index in [2.05, 4.69) is 15.2 Å². The fourth-order valence-electron chi connectivity index (χ4n) is 5.02. The minimum Gasteiger partial charge on any atom is -0.334 e. The molecule has 4 rings (SSSR count). The average molecular weight is 334 g/mol. The van der Waals surface area contributed by atoms with Crippen LogP contribution in [-0.2, 0) is 4.79 Å². The maximum Gasteiger partial charge on any atom is 0.245 e. The molecule has 1 amide bonds. The second-order valence-electron chi connectivity index (χ2n) is 7.32. The molecule has 1 aromatic heterocycles. The maximum atomic E-state index is 13.4. The van der Waals surface area contributed by atoms with E-state index in [1.807, 2.05) is 12.6 Å².